The Morgan fingerprint density at radius 2 is 1.70 bits per heavy atom. The van der Waals surface area contributed by atoms with Gasteiger partial charge in [0.25, 0.3) is 0 Å². The summed E-state index contributed by atoms with van der Waals surface area (Å²) in [5.74, 6) is 3.30. The van der Waals surface area contributed by atoms with Crippen molar-refractivity contribution in [2.24, 2.45) is 46.3 Å². The molecule has 0 spiro atoms. The lowest BCUT2D eigenvalue weighted by Crippen LogP contribution is -2.51. The van der Waals surface area contributed by atoms with Crippen LogP contribution in [0.1, 0.15) is 92.4 Å². The molecule has 0 aromatic carbocycles. The molecule has 172 valence electrons. The first-order chi connectivity index (χ1) is 14.1. The van der Waals surface area contributed by atoms with Gasteiger partial charge in [0, 0.05) is 0 Å². The molecule has 4 aliphatic carbocycles. The van der Waals surface area contributed by atoms with E-state index < -0.39 is 12.2 Å². The second kappa shape index (κ2) is 8.19. The van der Waals surface area contributed by atoms with Crippen LogP contribution in [-0.2, 0) is 0 Å². The number of hydrogen-bond donors (Lipinski definition) is 3. The molecule has 0 aliphatic heterocycles. The van der Waals surface area contributed by atoms with Gasteiger partial charge in [-0.1, -0.05) is 46.3 Å². The first-order valence-electron chi connectivity index (χ1n) is 12.8. The first-order valence-corrected chi connectivity index (χ1v) is 12.8. The van der Waals surface area contributed by atoms with Crippen molar-refractivity contribution in [3.05, 3.63) is 11.6 Å². The Morgan fingerprint density at radius 3 is 2.40 bits per heavy atom. The van der Waals surface area contributed by atoms with Crippen LogP contribution in [0.15, 0.2) is 11.6 Å². The van der Waals surface area contributed by atoms with Gasteiger partial charge in [-0.25, -0.2) is 0 Å². The first kappa shape index (κ1) is 22.8. The Balaban J connectivity index is 1.51. The van der Waals surface area contributed by atoms with Gasteiger partial charge in [0.05, 0.1) is 18.3 Å². The third-order valence-corrected chi connectivity index (χ3v) is 10.6. The van der Waals surface area contributed by atoms with Crippen molar-refractivity contribution >= 4 is 0 Å². The Labute approximate surface area is 184 Å². The lowest BCUT2D eigenvalue weighted by atomic mass is 9.47. The number of aliphatic hydroxyl groups is 3. The maximum absolute atomic E-state index is 11.0. The fourth-order valence-corrected chi connectivity index (χ4v) is 8.55. The van der Waals surface area contributed by atoms with E-state index in [2.05, 4.69) is 26.8 Å². The van der Waals surface area contributed by atoms with Crippen molar-refractivity contribution in [3.8, 4) is 0 Å². The Kier molecular flexibility index (Phi) is 6.23. The second-order valence-electron chi connectivity index (χ2n) is 12.4. The standard InChI is InChI=1S/C27H46O3/c1-16(2)24(29)15-25(30)17(3)21-8-9-22-20-7-6-18-14-19(28)10-12-26(18,4)23(20)11-13-27(21,22)5/h6,16-17,19-25,28-30H,7-15H2,1-5H3/t17-,19?,20-,21+,22-,23-,24-,25+,26-,27+/m0/s1. The second-order valence-corrected chi connectivity index (χ2v) is 12.4. The van der Waals surface area contributed by atoms with Crippen LogP contribution in [0, 0.1) is 46.3 Å². The molecule has 3 saturated carbocycles. The highest BCUT2D eigenvalue weighted by Crippen LogP contribution is 2.67. The van der Waals surface area contributed by atoms with Crippen LogP contribution in [0.3, 0.4) is 0 Å². The number of fused-ring (bicyclic) bond motifs is 5. The van der Waals surface area contributed by atoms with Gasteiger partial charge in [-0.2, -0.15) is 0 Å². The average molecular weight is 419 g/mol. The maximum Gasteiger partial charge on any atom is 0.0593 e. The third-order valence-electron chi connectivity index (χ3n) is 10.6. The summed E-state index contributed by atoms with van der Waals surface area (Å²) < 4.78 is 0. The molecule has 0 bridgehead atoms. The van der Waals surface area contributed by atoms with E-state index in [0.717, 1.165) is 37.0 Å². The average Bonchev–Trinajstić information content (AvgIpc) is 3.04. The summed E-state index contributed by atoms with van der Waals surface area (Å²) >= 11 is 0. The van der Waals surface area contributed by atoms with E-state index in [4.69, 9.17) is 0 Å². The van der Waals surface area contributed by atoms with E-state index in [1.165, 1.54) is 32.1 Å². The fourth-order valence-electron chi connectivity index (χ4n) is 8.55. The highest BCUT2D eigenvalue weighted by Gasteiger charge is 2.59. The lowest BCUT2D eigenvalue weighted by molar-refractivity contribution is -0.0722. The van der Waals surface area contributed by atoms with E-state index in [9.17, 15) is 15.3 Å². The highest BCUT2D eigenvalue weighted by atomic mass is 16.3. The van der Waals surface area contributed by atoms with Gasteiger partial charge >= 0.3 is 0 Å². The predicted molar refractivity (Wildman–Crippen MR) is 122 cm³/mol. The molecule has 0 amide bonds. The van der Waals surface area contributed by atoms with Crippen molar-refractivity contribution in [3.63, 3.8) is 0 Å². The van der Waals surface area contributed by atoms with Crippen LogP contribution < -0.4 is 0 Å². The monoisotopic (exact) mass is 418 g/mol. The Morgan fingerprint density at radius 1 is 0.967 bits per heavy atom. The number of rotatable bonds is 5. The summed E-state index contributed by atoms with van der Waals surface area (Å²) in [5, 5.41) is 31.5. The highest BCUT2D eigenvalue weighted by molar-refractivity contribution is 5.25. The largest absolute Gasteiger partial charge is 0.393 e. The van der Waals surface area contributed by atoms with E-state index in [1.807, 2.05) is 13.8 Å². The SMILES string of the molecule is CC(C)[C@@H](O)C[C@@H](O)[C@@H](C)[C@H]1CC[C@H]2[C@@H]3CC=C4CC(O)CC[C@]4(C)[C@H]3CC[C@]12C. The van der Waals surface area contributed by atoms with Crippen LogP contribution >= 0.6 is 0 Å². The minimum Gasteiger partial charge on any atom is -0.393 e. The molecule has 0 heterocycles. The summed E-state index contributed by atoms with van der Waals surface area (Å²) in [6.07, 6.45) is 11.4. The maximum atomic E-state index is 11.0. The van der Waals surface area contributed by atoms with E-state index in [0.29, 0.717) is 23.2 Å². The Hall–Kier alpha value is -0.380. The Bertz CT molecular complexity index is 656. The molecule has 0 radical (unpaired) electrons. The normalized spacial score (nSPS) is 46.4. The van der Waals surface area contributed by atoms with Crippen molar-refractivity contribution in [1.29, 1.82) is 0 Å². The summed E-state index contributed by atoms with van der Waals surface area (Å²) in [6, 6.07) is 0. The van der Waals surface area contributed by atoms with Crippen LogP contribution in [0.5, 0.6) is 0 Å². The minimum absolute atomic E-state index is 0.130. The van der Waals surface area contributed by atoms with Crippen LogP contribution in [0.2, 0.25) is 0 Å². The summed E-state index contributed by atoms with van der Waals surface area (Å²) in [6.45, 7) is 11.3. The lowest BCUT2D eigenvalue weighted by Gasteiger charge is -2.58. The molecular weight excluding hydrogens is 372 g/mol. The van der Waals surface area contributed by atoms with Crippen LogP contribution in [-0.4, -0.2) is 33.6 Å². The van der Waals surface area contributed by atoms with Gasteiger partial charge < -0.3 is 15.3 Å². The molecular formula is C27H46O3. The quantitative estimate of drug-likeness (QED) is 0.529. The van der Waals surface area contributed by atoms with Crippen LogP contribution in [0.4, 0.5) is 0 Å². The zero-order valence-electron chi connectivity index (χ0n) is 20.0. The molecule has 3 N–H and O–H groups in total. The molecule has 3 nitrogen and oxygen atoms in total. The van der Waals surface area contributed by atoms with Crippen LogP contribution in [0.25, 0.3) is 0 Å². The molecule has 0 saturated heterocycles. The van der Waals surface area contributed by atoms with E-state index in [1.54, 1.807) is 5.57 Å². The summed E-state index contributed by atoms with van der Waals surface area (Å²) in [5.41, 5.74) is 2.17. The van der Waals surface area contributed by atoms with Gasteiger partial charge in [-0.15, -0.1) is 0 Å². The third kappa shape index (κ3) is 3.61. The smallest absolute Gasteiger partial charge is 0.0593 e. The van der Waals surface area contributed by atoms with Crippen molar-refractivity contribution in [2.45, 2.75) is 111 Å². The van der Waals surface area contributed by atoms with Gasteiger partial charge in [0.2, 0.25) is 0 Å². The van der Waals surface area contributed by atoms with Crippen molar-refractivity contribution < 1.29 is 15.3 Å². The summed E-state index contributed by atoms with van der Waals surface area (Å²) in [4.78, 5) is 0. The zero-order valence-corrected chi connectivity index (χ0v) is 20.0. The zero-order chi connectivity index (χ0) is 21.8. The topological polar surface area (TPSA) is 60.7 Å². The predicted octanol–water partition coefficient (Wildman–Crippen LogP) is 5.33. The molecule has 0 aromatic rings. The van der Waals surface area contributed by atoms with Crippen molar-refractivity contribution in [1.82, 2.24) is 0 Å². The number of allylic oxidation sites excluding steroid dienone is 1. The van der Waals surface area contributed by atoms with Gasteiger partial charge in [-0.3, -0.25) is 0 Å². The molecule has 3 heteroatoms. The minimum atomic E-state index is -0.410. The molecule has 4 aliphatic rings. The molecule has 30 heavy (non-hydrogen) atoms. The van der Waals surface area contributed by atoms with Gasteiger partial charge in [-0.05, 0) is 104 Å². The summed E-state index contributed by atoms with van der Waals surface area (Å²) in [7, 11) is 0. The number of hydrogen-bond acceptors (Lipinski definition) is 3. The fraction of sp³-hybridized carbons (Fsp3) is 0.926. The van der Waals surface area contributed by atoms with E-state index in [-0.39, 0.29) is 17.9 Å². The van der Waals surface area contributed by atoms with E-state index >= 15 is 0 Å². The molecule has 3 fully saturated rings. The number of aliphatic hydroxyl groups excluding tert-OH is 3. The molecule has 0 aromatic heterocycles. The molecule has 10 atom stereocenters. The van der Waals surface area contributed by atoms with Crippen molar-refractivity contribution in [2.75, 3.05) is 0 Å². The molecule has 4 rings (SSSR count). The molecule has 1 unspecified atom stereocenters. The van der Waals surface area contributed by atoms with Gasteiger partial charge in [0.1, 0.15) is 0 Å². The van der Waals surface area contributed by atoms with Gasteiger partial charge in [0.15, 0.2) is 0 Å².